The van der Waals surface area contributed by atoms with Gasteiger partial charge in [-0.2, -0.15) is 0 Å². The number of nitrogens with zero attached hydrogens (tertiary/aromatic N) is 1. The smallest absolute Gasteiger partial charge is 0.343 e. The average molecular weight is 377 g/mol. The molecule has 0 saturated heterocycles. The first kappa shape index (κ1) is 20.0. The summed E-state index contributed by atoms with van der Waals surface area (Å²) in [5.41, 5.74) is 3.34. The summed E-state index contributed by atoms with van der Waals surface area (Å²) in [6, 6.07) is 5.33. The molecule has 0 fully saturated rings. The van der Waals surface area contributed by atoms with Gasteiger partial charge in [0.25, 0.3) is 0 Å². The van der Waals surface area contributed by atoms with Crippen LogP contribution in [0.5, 0.6) is 5.75 Å². The van der Waals surface area contributed by atoms with E-state index in [4.69, 9.17) is 16.3 Å². The Morgan fingerprint density at radius 2 is 1.77 bits per heavy atom. The van der Waals surface area contributed by atoms with Gasteiger partial charge in [0.1, 0.15) is 17.1 Å². The van der Waals surface area contributed by atoms with E-state index >= 15 is 0 Å². The Labute approximate surface area is 159 Å². The van der Waals surface area contributed by atoms with Crippen LogP contribution in [0.25, 0.3) is 0 Å². The first-order chi connectivity index (χ1) is 12.3. The molecule has 0 aliphatic carbocycles. The Morgan fingerprint density at radius 1 is 1.19 bits per heavy atom. The van der Waals surface area contributed by atoms with Gasteiger partial charge in [0, 0.05) is 22.5 Å². The summed E-state index contributed by atoms with van der Waals surface area (Å²) in [5, 5.41) is 13.6. The van der Waals surface area contributed by atoms with Crippen molar-refractivity contribution in [3.05, 3.63) is 45.6 Å². The first-order valence-corrected chi connectivity index (χ1v) is 9.09. The number of pyridine rings is 1. The van der Waals surface area contributed by atoms with Gasteiger partial charge >= 0.3 is 5.97 Å². The van der Waals surface area contributed by atoms with Crippen LogP contribution in [0.4, 0.5) is 11.5 Å². The molecule has 0 amide bonds. The number of aromatic carboxylic acids is 1. The fourth-order valence-electron chi connectivity index (χ4n) is 2.89. The van der Waals surface area contributed by atoms with E-state index in [0.717, 1.165) is 29.7 Å². The SMILES string of the molecule is CCC(CC)Oc1cc(C)nc(Nc2c(C)cc(Cl)cc2C)c1C(=O)O. The number of ether oxygens (including phenoxy) is 1. The number of carbonyl (C=O) groups is 1. The van der Waals surface area contributed by atoms with Crippen molar-refractivity contribution in [1.29, 1.82) is 0 Å². The molecule has 2 rings (SSSR count). The van der Waals surface area contributed by atoms with E-state index in [9.17, 15) is 9.90 Å². The molecule has 0 bridgehead atoms. The fraction of sp³-hybridized carbons (Fsp3) is 0.400. The Balaban J connectivity index is 2.55. The Bertz CT molecular complexity index is 794. The largest absolute Gasteiger partial charge is 0.489 e. The zero-order chi connectivity index (χ0) is 19.4. The second-order valence-corrected chi connectivity index (χ2v) is 6.82. The van der Waals surface area contributed by atoms with Gasteiger partial charge in [-0.05, 0) is 56.9 Å². The van der Waals surface area contributed by atoms with Gasteiger partial charge in [-0.3, -0.25) is 0 Å². The lowest BCUT2D eigenvalue weighted by Crippen LogP contribution is -2.17. The third kappa shape index (κ3) is 4.47. The van der Waals surface area contributed by atoms with E-state index in [1.807, 2.05) is 46.8 Å². The van der Waals surface area contributed by atoms with E-state index in [-0.39, 0.29) is 17.5 Å². The van der Waals surface area contributed by atoms with E-state index in [1.165, 1.54) is 0 Å². The molecule has 1 heterocycles. The minimum absolute atomic E-state index is 0.0382. The Morgan fingerprint density at radius 3 is 2.27 bits per heavy atom. The number of benzene rings is 1. The van der Waals surface area contributed by atoms with E-state index in [0.29, 0.717) is 16.5 Å². The maximum absolute atomic E-state index is 11.9. The zero-order valence-electron chi connectivity index (χ0n) is 15.8. The van der Waals surface area contributed by atoms with Crippen LogP contribution in [0.3, 0.4) is 0 Å². The number of halogens is 1. The van der Waals surface area contributed by atoms with Crippen molar-refractivity contribution in [2.75, 3.05) is 5.32 Å². The minimum Gasteiger partial charge on any atom is -0.489 e. The highest BCUT2D eigenvalue weighted by atomic mass is 35.5. The highest BCUT2D eigenvalue weighted by molar-refractivity contribution is 6.30. The molecule has 0 unspecified atom stereocenters. The second kappa shape index (κ2) is 8.41. The van der Waals surface area contributed by atoms with Gasteiger partial charge in [-0.25, -0.2) is 9.78 Å². The number of hydrogen-bond acceptors (Lipinski definition) is 4. The van der Waals surface area contributed by atoms with Gasteiger partial charge in [0.15, 0.2) is 0 Å². The molecule has 1 aromatic heterocycles. The lowest BCUT2D eigenvalue weighted by molar-refractivity contribution is 0.0689. The Kier molecular flexibility index (Phi) is 6.48. The molecule has 1 aromatic carbocycles. The maximum atomic E-state index is 11.9. The zero-order valence-corrected chi connectivity index (χ0v) is 16.6. The van der Waals surface area contributed by atoms with Crippen LogP contribution in [0.15, 0.2) is 18.2 Å². The highest BCUT2D eigenvalue weighted by Gasteiger charge is 2.22. The van der Waals surface area contributed by atoms with Crippen molar-refractivity contribution < 1.29 is 14.6 Å². The van der Waals surface area contributed by atoms with Crippen molar-refractivity contribution in [2.24, 2.45) is 0 Å². The van der Waals surface area contributed by atoms with Crippen LogP contribution in [0.2, 0.25) is 5.02 Å². The topological polar surface area (TPSA) is 71.5 Å². The summed E-state index contributed by atoms with van der Waals surface area (Å²) in [6.45, 7) is 9.68. The van der Waals surface area contributed by atoms with Crippen molar-refractivity contribution in [1.82, 2.24) is 4.98 Å². The number of hydrogen-bond donors (Lipinski definition) is 2. The monoisotopic (exact) mass is 376 g/mol. The normalized spacial score (nSPS) is 10.9. The van der Waals surface area contributed by atoms with Crippen molar-refractivity contribution in [3.8, 4) is 5.75 Å². The molecule has 0 atom stereocenters. The first-order valence-electron chi connectivity index (χ1n) is 8.72. The summed E-state index contributed by atoms with van der Waals surface area (Å²) < 4.78 is 5.96. The second-order valence-electron chi connectivity index (χ2n) is 6.39. The maximum Gasteiger partial charge on any atom is 0.343 e. The molecule has 0 spiro atoms. The summed E-state index contributed by atoms with van der Waals surface area (Å²) in [7, 11) is 0. The van der Waals surface area contributed by atoms with Crippen LogP contribution in [0, 0.1) is 20.8 Å². The standard InChI is InChI=1S/C20H25ClN2O3/c1-6-15(7-2)26-16-10-13(5)22-19(17(16)20(24)25)23-18-11(3)8-14(21)9-12(18)4/h8-10,15H,6-7H2,1-5H3,(H,22,23)(H,24,25). The van der Waals surface area contributed by atoms with Crippen molar-refractivity contribution >= 4 is 29.1 Å². The molecule has 0 aliphatic heterocycles. The summed E-state index contributed by atoms with van der Waals surface area (Å²) in [6.07, 6.45) is 1.56. The van der Waals surface area contributed by atoms with Crippen LogP contribution >= 0.6 is 11.6 Å². The molecular weight excluding hydrogens is 352 g/mol. The van der Waals surface area contributed by atoms with Crippen LogP contribution < -0.4 is 10.1 Å². The van der Waals surface area contributed by atoms with E-state index < -0.39 is 5.97 Å². The number of nitrogens with one attached hydrogen (secondary N) is 1. The summed E-state index contributed by atoms with van der Waals surface area (Å²) in [5.74, 6) is -0.470. The quantitative estimate of drug-likeness (QED) is 0.651. The van der Waals surface area contributed by atoms with Crippen LogP contribution in [0.1, 0.15) is 53.9 Å². The van der Waals surface area contributed by atoms with Crippen molar-refractivity contribution in [2.45, 2.75) is 53.6 Å². The number of aryl methyl sites for hydroxylation is 3. The number of carboxylic acid groups (broad SMARTS) is 1. The molecule has 2 aromatic rings. The Hall–Kier alpha value is -2.27. The predicted octanol–water partition coefficient (Wildman–Crippen LogP) is 5.67. The van der Waals surface area contributed by atoms with Gasteiger partial charge in [0.2, 0.25) is 0 Å². The number of rotatable bonds is 7. The van der Waals surface area contributed by atoms with E-state index in [2.05, 4.69) is 10.3 Å². The van der Waals surface area contributed by atoms with Crippen LogP contribution in [-0.2, 0) is 0 Å². The lowest BCUT2D eigenvalue weighted by Gasteiger charge is -2.20. The minimum atomic E-state index is -1.08. The summed E-state index contributed by atoms with van der Waals surface area (Å²) >= 11 is 6.09. The van der Waals surface area contributed by atoms with Crippen molar-refractivity contribution in [3.63, 3.8) is 0 Å². The molecule has 140 valence electrons. The molecule has 0 radical (unpaired) electrons. The molecule has 26 heavy (non-hydrogen) atoms. The predicted molar refractivity (Wildman–Crippen MR) is 105 cm³/mol. The van der Waals surface area contributed by atoms with Gasteiger partial charge < -0.3 is 15.2 Å². The summed E-state index contributed by atoms with van der Waals surface area (Å²) in [4.78, 5) is 16.4. The molecule has 5 nitrogen and oxygen atoms in total. The lowest BCUT2D eigenvalue weighted by atomic mass is 10.1. The number of aromatic nitrogens is 1. The molecule has 6 heteroatoms. The third-order valence-electron chi connectivity index (χ3n) is 4.27. The highest BCUT2D eigenvalue weighted by Crippen LogP contribution is 2.33. The molecule has 0 saturated carbocycles. The van der Waals surface area contributed by atoms with Gasteiger partial charge in [-0.1, -0.05) is 25.4 Å². The number of anilines is 2. The van der Waals surface area contributed by atoms with E-state index in [1.54, 1.807) is 6.07 Å². The number of carboxylic acids is 1. The molecule has 0 aliphatic rings. The average Bonchev–Trinajstić information content (AvgIpc) is 2.55. The fourth-order valence-corrected chi connectivity index (χ4v) is 3.22. The van der Waals surface area contributed by atoms with Crippen LogP contribution in [-0.4, -0.2) is 22.2 Å². The third-order valence-corrected chi connectivity index (χ3v) is 4.49. The molecule has 2 N–H and O–H groups in total. The van der Waals surface area contributed by atoms with Gasteiger partial charge in [0.05, 0.1) is 6.10 Å². The molecular formula is C20H25ClN2O3. The van der Waals surface area contributed by atoms with Gasteiger partial charge in [-0.15, -0.1) is 0 Å².